The number of rotatable bonds is 3. The summed E-state index contributed by atoms with van der Waals surface area (Å²) in [5, 5.41) is 5.70. The smallest absolute Gasteiger partial charge is 0.260 e. The van der Waals surface area contributed by atoms with Gasteiger partial charge in [0.2, 0.25) is 0 Å². The summed E-state index contributed by atoms with van der Waals surface area (Å²) in [6.45, 7) is 4.59. The zero-order valence-electron chi connectivity index (χ0n) is 10.2. The highest BCUT2D eigenvalue weighted by Crippen LogP contribution is 2.22. The van der Waals surface area contributed by atoms with Gasteiger partial charge in [0, 0.05) is 24.7 Å². The molecule has 0 fully saturated rings. The second kappa shape index (κ2) is 4.71. The number of hydrogen-bond donors (Lipinski definition) is 1. The van der Waals surface area contributed by atoms with Crippen LogP contribution in [-0.4, -0.2) is 16.6 Å². The summed E-state index contributed by atoms with van der Waals surface area (Å²) < 4.78 is 1.76. The minimum absolute atomic E-state index is 0.0282. The Morgan fingerprint density at radius 3 is 2.82 bits per heavy atom. The highest BCUT2D eigenvalue weighted by Gasteiger charge is 2.10. The van der Waals surface area contributed by atoms with E-state index in [9.17, 15) is 4.79 Å². The lowest BCUT2D eigenvalue weighted by Gasteiger charge is -2.08. The number of pyridine rings is 1. The van der Waals surface area contributed by atoms with Crippen LogP contribution in [-0.2, 0) is 6.54 Å². The van der Waals surface area contributed by atoms with E-state index in [2.05, 4.69) is 10.3 Å². The van der Waals surface area contributed by atoms with Crippen LogP contribution in [0.5, 0.6) is 0 Å². The van der Waals surface area contributed by atoms with Gasteiger partial charge in [-0.15, -0.1) is 11.3 Å². The Bertz CT molecular complexity index is 586. The molecule has 0 amide bonds. The normalized spacial score (nSPS) is 10.5. The van der Waals surface area contributed by atoms with Crippen LogP contribution in [0, 0.1) is 6.92 Å². The fraction of sp³-hybridized carbons (Fsp3) is 0.333. The van der Waals surface area contributed by atoms with E-state index in [1.807, 2.05) is 38.4 Å². The van der Waals surface area contributed by atoms with Gasteiger partial charge in [-0.05, 0) is 26.0 Å². The topological polar surface area (TPSA) is 46.9 Å². The van der Waals surface area contributed by atoms with Gasteiger partial charge < -0.3 is 9.88 Å². The van der Waals surface area contributed by atoms with Crippen molar-refractivity contribution in [1.82, 2.24) is 9.55 Å². The summed E-state index contributed by atoms with van der Waals surface area (Å²) in [5.41, 5.74) is 2.41. The standard InChI is InChI=1S/C12H15N3OS/c1-4-15-8(2)5-6-9(11(15)16)10-7-17-12(13-3)14-10/h5-7H,4H2,1-3H3,(H,13,14). The predicted octanol–water partition coefficient (Wildman–Crippen LogP) is 2.34. The molecule has 90 valence electrons. The van der Waals surface area contributed by atoms with Crippen LogP contribution in [0.1, 0.15) is 12.6 Å². The first kappa shape index (κ1) is 11.9. The molecule has 0 bridgehead atoms. The Kier molecular flexibility index (Phi) is 3.28. The van der Waals surface area contributed by atoms with Crippen molar-refractivity contribution in [3.8, 4) is 11.3 Å². The zero-order valence-corrected chi connectivity index (χ0v) is 11.0. The van der Waals surface area contributed by atoms with Crippen LogP contribution in [0.3, 0.4) is 0 Å². The third kappa shape index (κ3) is 2.10. The van der Waals surface area contributed by atoms with E-state index in [4.69, 9.17) is 0 Å². The van der Waals surface area contributed by atoms with E-state index >= 15 is 0 Å². The SMILES string of the molecule is CCn1c(C)ccc(-c2csc(NC)n2)c1=O. The molecule has 2 heterocycles. The van der Waals surface area contributed by atoms with Gasteiger partial charge in [-0.1, -0.05) is 0 Å². The van der Waals surface area contributed by atoms with Gasteiger partial charge >= 0.3 is 0 Å². The van der Waals surface area contributed by atoms with Gasteiger partial charge in [-0.2, -0.15) is 0 Å². The summed E-state index contributed by atoms with van der Waals surface area (Å²) in [6, 6.07) is 3.80. The van der Waals surface area contributed by atoms with Crippen LogP contribution < -0.4 is 10.9 Å². The van der Waals surface area contributed by atoms with Crippen molar-refractivity contribution >= 4 is 16.5 Å². The van der Waals surface area contributed by atoms with Gasteiger partial charge in [0.1, 0.15) is 0 Å². The van der Waals surface area contributed by atoms with Crippen LogP contribution in [0.25, 0.3) is 11.3 Å². The number of hydrogen-bond acceptors (Lipinski definition) is 4. The molecule has 17 heavy (non-hydrogen) atoms. The molecule has 0 aliphatic carbocycles. The van der Waals surface area contributed by atoms with Gasteiger partial charge in [0.25, 0.3) is 5.56 Å². The van der Waals surface area contributed by atoms with Crippen LogP contribution >= 0.6 is 11.3 Å². The molecule has 0 atom stereocenters. The summed E-state index contributed by atoms with van der Waals surface area (Å²) >= 11 is 1.50. The molecule has 2 aromatic heterocycles. The van der Waals surface area contributed by atoms with Crippen molar-refractivity contribution in [2.24, 2.45) is 0 Å². The lowest BCUT2D eigenvalue weighted by Crippen LogP contribution is -2.22. The second-order valence-electron chi connectivity index (χ2n) is 3.73. The molecule has 0 unspecified atom stereocenters. The molecule has 0 saturated heterocycles. The van der Waals surface area contributed by atoms with E-state index in [0.29, 0.717) is 12.1 Å². The van der Waals surface area contributed by atoms with E-state index in [1.54, 1.807) is 4.57 Å². The number of aromatic nitrogens is 2. The molecule has 0 aromatic carbocycles. The number of aryl methyl sites for hydroxylation is 1. The van der Waals surface area contributed by atoms with Crippen LogP contribution in [0.4, 0.5) is 5.13 Å². The third-order valence-electron chi connectivity index (χ3n) is 2.70. The van der Waals surface area contributed by atoms with Crippen molar-refractivity contribution in [3.05, 3.63) is 33.6 Å². The predicted molar refractivity (Wildman–Crippen MR) is 71.8 cm³/mol. The quantitative estimate of drug-likeness (QED) is 0.908. The molecule has 1 N–H and O–H groups in total. The molecule has 2 aromatic rings. The largest absolute Gasteiger partial charge is 0.365 e. The molecule has 2 rings (SSSR count). The van der Waals surface area contributed by atoms with E-state index < -0.39 is 0 Å². The fourth-order valence-corrected chi connectivity index (χ4v) is 2.44. The van der Waals surface area contributed by atoms with Crippen molar-refractivity contribution in [2.45, 2.75) is 20.4 Å². The summed E-state index contributed by atoms with van der Waals surface area (Å²) in [6.07, 6.45) is 0. The first-order valence-corrected chi connectivity index (χ1v) is 6.39. The zero-order chi connectivity index (χ0) is 12.4. The maximum Gasteiger partial charge on any atom is 0.260 e. The maximum absolute atomic E-state index is 12.2. The molecule has 0 radical (unpaired) electrons. The molecular weight excluding hydrogens is 234 g/mol. The number of nitrogens with zero attached hydrogens (tertiary/aromatic N) is 2. The fourth-order valence-electron chi connectivity index (χ4n) is 1.77. The van der Waals surface area contributed by atoms with Crippen LogP contribution in [0.2, 0.25) is 0 Å². The number of anilines is 1. The van der Waals surface area contributed by atoms with Crippen molar-refractivity contribution in [3.63, 3.8) is 0 Å². The lowest BCUT2D eigenvalue weighted by molar-refractivity contribution is 0.702. The summed E-state index contributed by atoms with van der Waals surface area (Å²) in [4.78, 5) is 16.6. The molecule has 0 spiro atoms. The Balaban J connectivity index is 2.56. The van der Waals surface area contributed by atoms with Crippen LogP contribution in [0.15, 0.2) is 22.3 Å². The first-order chi connectivity index (χ1) is 8.17. The second-order valence-corrected chi connectivity index (χ2v) is 4.58. The average molecular weight is 249 g/mol. The monoisotopic (exact) mass is 249 g/mol. The van der Waals surface area contributed by atoms with Gasteiger partial charge in [0.15, 0.2) is 5.13 Å². The Morgan fingerprint density at radius 2 is 2.24 bits per heavy atom. The third-order valence-corrected chi connectivity index (χ3v) is 3.56. The van der Waals surface area contributed by atoms with Crippen molar-refractivity contribution in [2.75, 3.05) is 12.4 Å². The van der Waals surface area contributed by atoms with E-state index in [1.165, 1.54) is 11.3 Å². The number of thiazole rings is 1. The highest BCUT2D eigenvalue weighted by atomic mass is 32.1. The lowest BCUT2D eigenvalue weighted by atomic mass is 10.2. The molecule has 0 aliphatic rings. The number of nitrogens with one attached hydrogen (secondary N) is 1. The van der Waals surface area contributed by atoms with Crippen molar-refractivity contribution in [1.29, 1.82) is 0 Å². The Morgan fingerprint density at radius 1 is 1.47 bits per heavy atom. The average Bonchev–Trinajstić information content (AvgIpc) is 2.78. The van der Waals surface area contributed by atoms with Gasteiger partial charge in [-0.3, -0.25) is 4.79 Å². The van der Waals surface area contributed by atoms with Gasteiger partial charge in [0.05, 0.1) is 11.3 Å². The molecule has 0 aliphatic heterocycles. The highest BCUT2D eigenvalue weighted by molar-refractivity contribution is 7.14. The van der Waals surface area contributed by atoms with Gasteiger partial charge in [-0.25, -0.2) is 4.98 Å². The maximum atomic E-state index is 12.2. The summed E-state index contributed by atoms with van der Waals surface area (Å²) in [5.74, 6) is 0. The summed E-state index contributed by atoms with van der Waals surface area (Å²) in [7, 11) is 1.82. The Labute approximate surface area is 104 Å². The molecule has 0 saturated carbocycles. The minimum Gasteiger partial charge on any atom is -0.365 e. The van der Waals surface area contributed by atoms with E-state index in [0.717, 1.165) is 16.5 Å². The minimum atomic E-state index is 0.0282. The molecule has 5 heteroatoms. The van der Waals surface area contributed by atoms with E-state index in [-0.39, 0.29) is 5.56 Å². The Hall–Kier alpha value is -1.62. The first-order valence-electron chi connectivity index (χ1n) is 5.51. The molecular formula is C12H15N3OS. The van der Waals surface area contributed by atoms with Crippen molar-refractivity contribution < 1.29 is 0 Å². The molecule has 4 nitrogen and oxygen atoms in total.